The Kier molecular flexibility index (Phi) is 4.97. The first-order valence-corrected chi connectivity index (χ1v) is 9.79. The molecule has 2 aromatic carbocycles. The van der Waals surface area contributed by atoms with Gasteiger partial charge in [-0.1, -0.05) is 17.7 Å². The minimum absolute atomic E-state index is 0.0256. The molecule has 3 aromatic rings. The largest absolute Gasteiger partial charge is 0.418 e. The summed E-state index contributed by atoms with van der Waals surface area (Å²) in [5, 5.41) is 3.90. The molecular weight excluding hydrogens is 391 g/mol. The average molecular weight is 409 g/mol. The molecule has 0 bridgehead atoms. The van der Waals surface area contributed by atoms with E-state index in [1.54, 1.807) is 32.0 Å². The number of sulfonamides is 1. The molecule has 0 unspecified atom stereocenters. The van der Waals surface area contributed by atoms with Gasteiger partial charge in [-0.2, -0.15) is 18.3 Å². The summed E-state index contributed by atoms with van der Waals surface area (Å²) in [6.07, 6.45) is -1.82. The second kappa shape index (κ2) is 6.97. The number of anilines is 1. The third-order valence-corrected chi connectivity index (χ3v) is 5.87. The zero-order valence-electron chi connectivity index (χ0n) is 15.4. The number of halogens is 3. The lowest BCUT2D eigenvalue weighted by atomic mass is 10.1. The molecule has 0 saturated heterocycles. The monoisotopic (exact) mass is 409 g/mol. The summed E-state index contributed by atoms with van der Waals surface area (Å²) in [6.45, 7) is 5.04. The molecule has 9 heteroatoms. The van der Waals surface area contributed by atoms with Crippen LogP contribution in [0.15, 0.2) is 53.7 Å². The van der Waals surface area contributed by atoms with Gasteiger partial charge >= 0.3 is 6.18 Å². The lowest BCUT2D eigenvalue weighted by Gasteiger charge is -2.18. The first-order valence-electron chi connectivity index (χ1n) is 8.31. The molecule has 5 nitrogen and oxygen atoms in total. The third-order valence-electron chi connectivity index (χ3n) is 4.20. The highest BCUT2D eigenvalue weighted by atomic mass is 32.2. The molecule has 0 amide bonds. The van der Waals surface area contributed by atoms with Gasteiger partial charge in [-0.05, 0) is 56.2 Å². The number of nitrogens with zero attached hydrogens (tertiary/aromatic N) is 2. The van der Waals surface area contributed by atoms with Crippen LogP contribution < -0.4 is 4.72 Å². The maximum Gasteiger partial charge on any atom is 0.418 e. The minimum atomic E-state index is -4.75. The molecule has 0 atom stereocenters. The summed E-state index contributed by atoms with van der Waals surface area (Å²) in [5.74, 6) is 0. The Hall–Kier alpha value is -2.81. The zero-order valence-corrected chi connectivity index (χ0v) is 16.2. The van der Waals surface area contributed by atoms with E-state index in [4.69, 9.17) is 0 Å². The van der Waals surface area contributed by atoms with E-state index >= 15 is 0 Å². The van der Waals surface area contributed by atoms with Crippen LogP contribution in [0.3, 0.4) is 0 Å². The highest BCUT2D eigenvalue weighted by Gasteiger charge is 2.35. The highest BCUT2D eigenvalue weighted by Crippen LogP contribution is 2.37. The zero-order chi connectivity index (χ0) is 20.7. The van der Waals surface area contributed by atoms with Crippen LogP contribution in [0.2, 0.25) is 0 Å². The Labute approximate surface area is 160 Å². The van der Waals surface area contributed by atoms with Crippen LogP contribution in [-0.4, -0.2) is 18.2 Å². The van der Waals surface area contributed by atoms with Gasteiger partial charge in [-0.25, -0.2) is 13.1 Å². The molecule has 0 saturated carbocycles. The average Bonchev–Trinajstić information content (AvgIpc) is 3.06. The van der Waals surface area contributed by atoms with Crippen molar-refractivity contribution < 1.29 is 21.6 Å². The first kappa shape index (κ1) is 19.9. The molecule has 1 aromatic heterocycles. The van der Waals surface area contributed by atoms with Crippen LogP contribution in [-0.2, 0) is 16.2 Å². The van der Waals surface area contributed by atoms with E-state index in [1.807, 2.05) is 6.92 Å². The van der Waals surface area contributed by atoms with Gasteiger partial charge in [0, 0.05) is 12.4 Å². The lowest BCUT2D eigenvalue weighted by Crippen LogP contribution is -2.19. The number of aryl methyl sites for hydroxylation is 3. The number of aromatic nitrogens is 2. The van der Waals surface area contributed by atoms with E-state index in [9.17, 15) is 21.6 Å². The van der Waals surface area contributed by atoms with Gasteiger partial charge in [0.2, 0.25) is 0 Å². The Bertz CT molecular complexity index is 1100. The lowest BCUT2D eigenvalue weighted by molar-refractivity contribution is -0.136. The molecule has 148 valence electrons. The summed E-state index contributed by atoms with van der Waals surface area (Å²) < 4.78 is 69.9. The molecule has 28 heavy (non-hydrogen) atoms. The van der Waals surface area contributed by atoms with Crippen LogP contribution in [0.1, 0.15) is 22.3 Å². The van der Waals surface area contributed by atoms with Gasteiger partial charge in [0.15, 0.2) is 0 Å². The van der Waals surface area contributed by atoms with Crippen molar-refractivity contribution in [3.8, 4) is 5.69 Å². The maximum absolute atomic E-state index is 13.6. The highest BCUT2D eigenvalue weighted by molar-refractivity contribution is 7.92. The van der Waals surface area contributed by atoms with E-state index in [2.05, 4.69) is 9.82 Å². The molecule has 0 radical (unpaired) electrons. The SMILES string of the molecule is Cc1cc(C)c(S(=O)(=O)Nc2ccc(-n3cccn3)cc2C(F)(F)F)c(C)c1. The Morgan fingerprint density at radius 3 is 2.21 bits per heavy atom. The molecule has 0 aliphatic rings. The van der Waals surface area contributed by atoms with E-state index in [0.717, 1.165) is 17.7 Å². The van der Waals surface area contributed by atoms with Crippen molar-refractivity contribution in [2.45, 2.75) is 31.8 Å². The van der Waals surface area contributed by atoms with Crippen molar-refractivity contribution >= 4 is 15.7 Å². The fraction of sp³-hybridized carbons (Fsp3) is 0.211. The molecule has 0 spiro atoms. The van der Waals surface area contributed by atoms with Crippen LogP contribution >= 0.6 is 0 Å². The van der Waals surface area contributed by atoms with Crippen molar-refractivity contribution in [2.75, 3.05) is 4.72 Å². The predicted molar refractivity (Wildman–Crippen MR) is 100 cm³/mol. The van der Waals surface area contributed by atoms with Gasteiger partial charge in [0.05, 0.1) is 21.8 Å². The van der Waals surface area contributed by atoms with Crippen LogP contribution in [0, 0.1) is 20.8 Å². The fourth-order valence-electron chi connectivity index (χ4n) is 3.21. The quantitative estimate of drug-likeness (QED) is 0.684. The number of benzene rings is 2. The molecule has 0 aliphatic heterocycles. The number of nitrogens with one attached hydrogen (secondary N) is 1. The van der Waals surface area contributed by atoms with E-state index in [0.29, 0.717) is 11.1 Å². The number of rotatable bonds is 4. The van der Waals surface area contributed by atoms with Gasteiger partial charge in [-0.15, -0.1) is 0 Å². The molecule has 1 N–H and O–H groups in total. The van der Waals surface area contributed by atoms with E-state index in [-0.39, 0.29) is 10.6 Å². The molecular formula is C19H18F3N3O2S. The minimum Gasteiger partial charge on any atom is -0.279 e. The smallest absolute Gasteiger partial charge is 0.279 e. The van der Waals surface area contributed by atoms with Crippen LogP contribution in [0.4, 0.5) is 18.9 Å². The molecule has 0 fully saturated rings. The van der Waals surface area contributed by atoms with Gasteiger partial charge in [0.1, 0.15) is 0 Å². The van der Waals surface area contributed by atoms with E-state index in [1.165, 1.54) is 23.1 Å². The van der Waals surface area contributed by atoms with Crippen LogP contribution in [0.5, 0.6) is 0 Å². The summed E-state index contributed by atoms with van der Waals surface area (Å²) in [7, 11) is -4.21. The van der Waals surface area contributed by atoms with Gasteiger partial charge in [-0.3, -0.25) is 4.72 Å². The predicted octanol–water partition coefficient (Wildman–Crippen LogP) is 4.62. The standard InChI is InChI=1S/C19H18F3N3O2S/c1-12-9-13(2)18(14(3)10-12)28(26,27)24-17-6-5-15(25-8-4-7-23-25)11-16(17)19(20,21)22/h4-11,24H,1-3H3. The summed E-state index contributed by atoms with van der Waals surface area (Å²) >= 11 is 0. The second-order valence-corrected chi connectivity index (χ2v) is 8.13. The van der Waals surface area contributed by atoms with Crippen molar-refractivity contribution in [3.63, 3.8) is 0 Å². The Balaban J connectivity index is 2.09. The Morgan fingerprint density at radius 1 is 1.04 bits per heavy atom. The summed E-state index contributed by atoms with van der Waals surface area (Å²) in [4.78, 5) is -0.0256. The number of alkyl halides is 3. The molecule has 3 rings (SSSR count). The van der Waals surface area contributed by atoms with Crippen molar-refractivity contribution in [1.82, 2.24) is 9.78 Å². The van der Waals surface area contributed by atoms with Crippen molar-refractivity contribution in [3.05, 3.63) is 71.0 Å². The van der Waals surface area contributed by atoms with Crippen molar-refractivity contribution in [1.29, 1.82) is 0 Å². The molecule has 1 heterocycles. The number of hydrogen-bond donors (Lipinski definition) is 1. The maximum atomic E-state index is 13.6. The topological polar surface area (TPSA) is 64.0 Å². The van der Waals surface area contributed by atoms with Gasteiger partial charge in [0.25, 0.3) is 10.0 Å². The number of hydrogen-bond acceptors (Lipinski definition) is 3. The normalized spacial score (nSPS) is 12.2. The summed E-state index contributed by atoms with van der Waals surface area (Å²) in [6, 6.07) is 8.25. The van der Waals surface area contributed by atoms with E-state index < -0.39 is 27.5 Å². The Morgan fingerprint density at radius 2 is 1.68 bits per heavy atom. The first-order chi connectivity index (χ1) is 13.0. The van der Waals surface area contributed by atoms with Crippen LogP contribution in [0.25, 0.3) is 5.69 Å². The van der Waals surface area contributed by atoms with Gasteiger partial charge < -0.3 is 0 Å². The summed E-state index contributed by atoms with van der Waals surface area (Å²) in [5.41, 5.74) is 0.337. The van der Waals surface area contributed by atoms with Crippen molar-refractivity contribution in [2.24, 2.45) is 0 Å². The fourth-order valence-corrected chi connectivity index (χ4v) is 4.74. The second-order valence-electron chi connectivity index (χ2n) is 6.51. The molecule has 0 aliphatic carbocycles. The third kappa shape index (κ3) is 3.89.